The van der Waals surface area contributed by atoms with E-state index >= 15 is 0 Å². The zero-order chi connectivity index (χ0) is 13.1. The van der Waals surface area contributed by atoms with Gasteiger partial charge in [0.2, 0.25) is 0 Å². The zero-order valence-electron chi connectivity index (χ0n) is 9.71. The summed E-state index contributed by atoms with van der Waals surface area (Å²) >= 11 is 15.2. The highest BCUT2D eigenvalue weighted by molar-refractivity contribution is 9.10. The second-order valence-corrected chi connectivity index (χ2v) is 5.52. The number of halogens is 3. The first kappa shape index (κ1) is 13.7. The molecule has 0 spiro atoms. The number of benzene rings is 2. The maximum atomic E-state index is 5.92. The molecular weight excluding hydrogens is 335 g/mol. The second kappa shape index (κ2) is 5.96. The zero-order valence-corrected chi connectivity index (χ0v) is 12.8. The third kappa shape index (κ3) is 3.19. The maximum Gasteiger partial charge on any atom is 0.132 e. The van der Waals surface area contributed by atoms with Crippen molar-refractivity contribution in [3.8, 4) is 11.5 Å². The Bertz CT molecular complexity index is 570. The van der Waals surface area contributed by atoms with Gasteiger partial charge in [-0.1, -0.05) is 33.6 Å². The van der Waals surface area contributed by atoms with E-state index in [1.165, 1.54) is 0 Å². The summed E-state index contributed by atoms with van der Waals surface area (Å²) in [4.78, 5) is 0. The third-order valence-electron chi connectivity index (χ3n) is 2.53. The lowest BCUT2D eigenvalue weighted by Crippen LogP contribution is -1.91. The van der Waals surface area contributed by atoms with Crippen molar-refractivity contribution in [3.05, 3.63) is 57.0 Å². The highest BCUT2D eigenvalue weighted by Crippen LogP contribution is 2.32. The van der Waals surface area contributed by atoms with Crippen molar-refractivity contribution < 1.29 is 4.74 Å². The Labute approximate surface area is 125 Å². The van der Waals surface area contributed by atoms with E-state index in [-0.39, 0.29) is 0 Å². The molecule has 2 aromatic carbocycles. The summed E-state index contributed by atoms with van der Waals surface area (Å²) in [6.45, 7) is 1.96. The Morgan fingerprint density at radius 2 is 1.89 bits per heavy atom. The number of rotatable bonds is 3. The van der Waals surface area contributed by atoms with Crippen LogP contribution in [-0.2, 0) is 5.88 Å². The van der Waals surface area contributed by atoms with Crippen LogP contribution in [0.15, 0.2) is 40.9 Å². The second-order valence-electron chi connectivity index (χ2n) is 3.90. The van der Waals surface area contributed by atoms with Gasteiger partial charge in [0.25, 0.3) is 0 Å². The van der Waals surface area contributed by atoms with Gasteiger partial charge in [0.05, 0.1) is 5.88 Å². The van der Waals surface area contributed by atoms with Crippen molar-refractivity contribution in [2.75, 3.05) is 0 Å². The Morgan fingerprint density at radius 1 is 1.11 bits per heavy atom. The summed E-state index contributed by atoms with van der Waals surface area (Å²) < 4.78 is 6.85. The van der Waals surface area contributed by atoms with Crippen LogP contribution in [-0.4, -0.2) is 0 Å². The molecule has 2 rings (SSSR count). The Hall–Kier alpha value is -0.700. The first-order valence-electron chi connectivity index (χ1n) is 5.38. The average molecular weight is 346 g/mol. The van der Waals surface area contributed by atoms with E-state index in [9.17, 15) is 0 Å². The molecule has 1 nitrogen and oxygen atoms in total. The number of ether oxygens (including phenoxy) is 1. The minimum atomic E-state index is 0.412. The van der Waals surface area contributed by atoms with Crippen molar-refractivity contribution in [2.24, 2.45) is 0 Å². The van der Waals surface area contributed by atoms with Crippen LogP contribution < -0.4 is 4.74 Å². The largest absolute Gasteiger partial charge is 0.457 e. The molecule has 0 aliphatic rings. The van der Waals surface area contributed by atoms with Crippen LogP contribution in [0.2, 0.25) is 5.02 Å². The predicted molar refractivity (Wildman–Crippen MR) is 80.0 cm³/mol. The molecule has 0 unspecified atom stereocenters. The molecule has 0 heterocycles. The number of alkyl halides is 1. The maximum absolute atomic E-state index is 5.92. The van der Waals surface area contributed by atoms with Crippen LogP contribution >= 0.6 is 39.1 Å². The summed E-state index contributed by atoms with van der Waals surface area (Å²) in [5.74, 6) is 1.95. The van der Waals surface area contributed by atoms with Crippen molar-refractivity contribution in [2.45, 2.75) is 12.8 Å². The SMILES string of the molecule is Cc1cc(Cl)ccc1Oc1cc(Br)ccc1CCl. The van der Waals surface area contributed by atoms with Gasteiger partial charge in [-0.3, -0.25) is 0 Å². The molecule has 0 bridgehead atoms. The van der Waals surface area contributed by atoms with Crippen LogP contribution in [0.4, 0.5) is 0 Å². The highest BCUT2D eigenvalue weighted by Gasteiger charge is 2.07. The monoisotopic (exact) mass is 344 g/mol. The van der Waals surface area contributed by atoms with Gasteiger partial charge < -0.3 is 4.74 Å². The summed E-state index contributed by atoms with van der Waals surface area (Å²) in [7, 11) is 0. The molecule has 0 saturated carbocycles. The molecule has 0 atom stereocenters. The molecule has 0 amide bonds. The molecule has 0 aliphatic heterocycles. The van der Waals surface area contributed by atoms with Crippen molar-refractivity contribution in [1.29, 1.82) is 0 Å². The van der Waals surface area contributed by atoms with Crippen LogP contribution in [0, 0.1) is 6.92 Å². The van der Waals surface area contributed by atoms with Crippen LogP contribution in [0.3, 0.4) is 0 Å². The lowest BCUT2D eigenvalue weighted by molar-refractivity contribution is 0.474. The molecule has 94 valence electrons. The molecular formula is C14H11BrCl2O. The molecule has 0 aliphatic carbocycles. The minimum absolute atomic E-state index is 0.412. The molecule has 2 aromatic rings. The van der Waals surface area contributed by atoms with Crippen LogP contribution in [0.5, 0.6) is 11.5 Å². The standard InChI is InChI=1S/C14H11BrCl2O/c1-9-6-12(17)4-5-13(9)18-14-7-11(15)3-2-10(14)8-16/h2-7H,8H2,1H3. The third-order valence-corrected chi connectivity index (χ3v) is 3.55. The van der Waals surface area contributed by atoms with Crippen molar-refractivity contribution in [3.63, 3.8) is 0 Å². The topological polar surface area (TPSA) is 9.23 Å². The first-order chi connectivity index (χ1) is 8.60. The first-order valence-corrected chi connectivity index (χ1v) is 7.09. The van der Waals surface area contributed by atoms with Gasteiger partial charge in [-0.2, -0.15) is 0 Å². The lowest BCUT2D eigenvalue weighted by atomic mass is 10.2. The van der Waals surface area contributed by atoms with Gasteiger partial charge in [-0.25, -0.2) is 0 Å². The number of hydrogen-bond acceptors (Lipinski definition) is 1. The fourth-order valence-electron chi connectivity index (χ4n) is 1.58. The summed E-state index contributed by atoms with van der Waals surface area (Å²) in [6.07, 6.45) is 0. The van der Waals surface area contributed by atoms with Gasteiger partial charge in [-0.05, 0) is 42.8 Å². The molecule has 0 aromatic heterocycles. The van der Waals surface area contributed by atoms with E-state index in [1.54, 1.807) is 0 Å². The average Bonchev–Trinajstić information content (AvgIpc) is 2.33. The Balaban J connectivity index is 2.36. The van der Waals surface area contributed by atoms with Gasteiger partial charge in [0, 0.05) is 15.1 Å². The lowest BCUT2D eigenvalue weighted by Gasteiger charge is -2.12. The van der Waals surface area contributed by atoms with Gasteiger partial charge in [0.1, 0.15) is 11.5 Å². The van der Waals surface area contributed by atoms with Crippen molar-refractivity contribution in [1.82, 2.24) is 0 Å². The summed E-state index contributed by atoms with van der Waals surface area (Å²) in [6, 6.07) is 11.3. The number of hydrogen-bond donors (Lipinski definition) is 0. The fourth-order valence-corrected chi connectivity index (χ4v) is 2.37. The van der Waals surface area contributed by atoms with Gasteiger partial charge in [0.15, 0.2) is 0 Å². The predicted octanol–water partition coefficient (Wildman–Crippen LogP) is 5.94. The van der Waals surface area contributed by atoms with E-state index in [0.29, 0.717) is 10.9 Å². The summed E-state index contributed by atoms with van der Waals surface area (Å²) in [5.41, 5.74) is 1.94. The van der Waals surface area contributed by atoms with Gasteiger partial charge in [-0.15, -0.1) is 11.6 Å². The van der Waals surface area contributed by atoms with E-state index in [2.05, 4.69) is 15.9 Å². The van der Waals surface area contributed by atoms with Crippen molar-refractivity contribution >= 4 is 39.1 Å². The van der Waals surface area contributed by atoms with Crippen LogP contribution in [0.1, 0.15) is 11.1 Å². The van der Waals surface area contributed by atoms with E-state index in [0.717, 1.165) is 27.1 Å². The van der Waals surface area contributed by atoms with Crippen LogP contribution in [0.25, 0.3) is 0 Å². The van der Waals surface area contributed by atoms with Gasteiger partial charge >= 0.3 is 0 Å². The quantitative estimate of drug-likeness (QED) is 0.625. The fraction of sp³-hybridized carbons (Fsp3) is 0.143. The smallest absolute Gasteiger partial charge is 0.132 e. The molecule has 0 N–H and O–H groups in total. The highest BCUT2D eigenvalue weighted by atomic mass is 79.9. The molecule has 4 heteroatoms. The summed E-state index contributed by atoms with van der Waals surface area (Å²) in [5, 5.41) is 0.701. The molecule has 0 saturated heterocycles. The number of aryl methyl sites for hydroxylation is 1. The van der Waals surface area contributed by atoms with E-state index < -0.39 is 0 Å². The Morgan fingerprint density at radius 3 is 2.56 bits per heavy atom. The Kier molecular flexibility index (Phi) is 4.55. The normalized spacial score (nSPS) is 10.4. The van der Waals surface area contributed by atoms with E-state index in [4.69, 9.17) is 27.9 Å². The molecule has 0 fully saturated rings. The molecule has 18 heavy (non-hydrogen) atoms. The minimum Gasteiger partial charge on any atom is -0.457 e. The van der Waals surface area contributed by atoms with E-state index in [1.807, 2.05) is 43.3 Å². The molecule has 0 radical (unpaired) electrons.